The number of carbonyl (C=O) groups is 1. The number of nitrogens with zero attached hydrogens (tertiary/aromatic N) is 3. The predicted octanol–water partition coefficient (Wildman–Crippen LogP) is 2.36. The fourth-order valence-electron chi connectivity index (χ4n) is 4.08. The molecule has 0 aliphatic carbocycles. The van der Waals surface area contributed by atoms with Crippen molar-refractivity contribution in [3.05, 3.63) is 47.8 Å². The van der Waals surface area contributed by atoms with E-state index < -0.39 is 11.4 Å². The van der Waals surface area contributed by atoms with Crippen LogP contribution in [0.3, 0.4) is 0 Å². The number of ether oxygens (including phenoxy) is 1. The van der Waals surface area contributed by atoms with Gasteiger partial charge in [-0.25, -0.2) is 9.97 Å². The fraction of sp³-hybridized carbons (Fsp3) is 0.450. The Balaban J connectivity index is 1.52. The number of carboxylic acid groups (broad SMARTS) is 1. The number of aliphatic carboxylic acids is 1. The maximum absolute atomic E-state index is 12.2. The average Bonchev–Trinajstić information content (AvgIpc) is 3.07. The standard InChI is InChI=1S/C20H24N4O3/c1-2-7-21-19-22-8-14(9-23-19)10-24-11-16-15-5-3-4-6-17(15)27-13-20(16,12-24)18(25)26/h3-6,8-9,16H,2,7,10-13H2,1H3,(H,25,26)(H,21,22,23)/t16-,20-/m0/s1. The number of likely N-dealkylation sites (tertiary alicyclic amines) is 1. The van der Waals surface area contributed by atoms with Gasteiger partial charge in [0.05, 0.1) is 0 Å². The van der Waals surface area contributed by atoms with Crippen LogP contribution < -0.4 is 10.1 Å². The van der Waals surface area contributed by atoms with E-state index in [2.05, 4.69) is 27.1 Å². The van der Waals surface area contributed by atoms with Crippen LogP contribution >= 0.6 is 0 Å². The van der Waals surface area contributed by atoms with Crippen molar-refractivity contribution in [3.63, 3.8) is 0 Å². The Hall–Kier alpha value is -2.67. The van der Waals surface area contributed by atoms with Crippen LogP contribution in [-0.2, 0) is 11.3 Å². The molecule has 0 unspecified atom stereocenters. The van der Waals surface area contributed by atoms with Crippen molar-refractivity contribution in [1.82, 2.24) is 14.9 Å². The molecule has 1 aromatic heterocycles. The number of nitrogens with one attached hydrogen (secondary N) is 1. The molecule has 0 saturated carbocycles. The van der Waals surface area contributed by atoms with Crippen molar-refractivity contribution >= 4 is 11.9 Å². The molecule has 2 aliphatic heterocycles. The summed E-state index contributed by atoms with van der Waals surface area (Å²) in [5, 5.41) is 13.1. The first kappa shape index (κ1) is 17.7. The van der Waals surface area contributed by atoms with Crippen LogP contribution in [0.5, 0.6) is 5.75 Å². The Morgan fingerprint density at radius 3 is 2.89 bits per heavy atom. The molecular weight excluding hydrogens is 344 g/mol. The van der Waals surface area contributed by atoms with Gasteiger partial charge in [0, 0.05) is 50.1 Å². The van der Waals surface area contributed by atoms with Gasteiger partial charge >= 0.3 is 5.97 Å². The molecule has 2 N–H and O–H groups in total. The SMILES string of the molecule is CCCNc1ncc(CN2C[C@H]3c4ccccc4OC[C@@]3(C(=O)O)C2)cn1. The van der Waals surface area contributed by atoms with E-state index >= 15 is 0 Å². The van der Waals surface area contributed by atoms with Crippen molar-refractivity contribution in [2.45, 2.75) is 25.8 Å². The lowest BCUT2D eigenvalue weighted by atomic mass is 9.73. The van der Waals surface area contributed by atoms with E-state index in [1.807, 2.05) is 36.7 Å². The van der Waals surface area contributed by atoms with Gasteiger partial charge in [0.25, 0.3) is 0 Å². The van der Waals surface area contributed by atoms with Gasteiger partial charge in [-0.2, -0.15) is 0 Å². The summed E-state index contributed by atoms with van der Waals surface area (Å²) in [4.78, 5) is 23.0. The number of fused-ring (bicyclic) bond motifs is 3. The van der Waals surface area contributed by atoms with Crippen LogP contribution in [0.1, 0.15) is 30.4 Å². The summed E-state index contributed by atoms with van der Waals surface area (Å²) >= 11 is 0. The minimum Gasteiger partial charge on any atom is -0.492 e. The summed E-state index contributed by atoms with van der Waals surface area (Å²) < 4.78 is 5.81. The largest absolute Gasteiger partial charge is 0.492 e. The summed E-state index contributed by atoms with van der Waals surface area (Å²) in [6.07, 6.45) is 4.64. The van der Waals surface area contributed by atoms with Crippen LogP contribution in [0.15, 0.2) is 36.7 Å². The number of para-hydroxylation sites is 1. The smallest absolute Gasteiger partial charge is 0.315 e. The molecule has 1 fully saturated rings. The Labute approximate surface area is 158 Å². The number of anilines is 1. The number of carboxylic acids is 1. The van der Waals surface area contributed by atoms with Crippen molar-refractivity contribution in [1.29, 1.82) is 0 Å². The van der Waals surface area contributed by atoms with E-state index in [9.17, 15) is 9.90 Å². The van der Waals surface area contributed by atoms with E-state index in [4.69, 9.17) is 4.74 Å². The highest BCUT2D eigenvalue weighted by atomic mass is 16.5. The lowest BCUT2D eigenvalue weighted by molar-refractivity contribution is -0.151. The third-order valence-electron chi connectivity index (χ3n) is 5.46. The Bertz CT molecular complexity index is 826. The topological polar surface area (TPSA) is 87.6 Å². The first-order valence-electron chi connectivity index (χ1n) is 9.34. The van der Waals surface area contributed by atoms with Gasteiger partial charge < -0.3 is 15.2 Å². The molecule has 7 nitrogen and oxygen atoms in total. The molecule has 0 radical (unpaired) electrons. The van der Waals surface area contributed by atoms with Crippen LogP contribution in [-0.4, -0.2) is 52.2 Å². The average molecular weight is 368 g/mol. The molecule has 0 bridgehead atoms. The summed E-state index contributed by atoms with van der Waals surface area (Å²) in [6, 6.07) is 7.76. The third-order valence-corrected chi connectivity index (χ3v) is 5.46. The zero-order valence-electron chi connectivity index (χ0n) is 15.4. The van der Waals surface area contributed by atoms with Crippen LogP contribution in [0.4, 0.5) is 5.95 Å². The Morgan fingerprint density at radius 2 is 2.15 bits per heavy atom. The molecule has 7 heteroatoms. The number of hydrogen-bond acceptors (Lipinski definition) is 6. The first-order chi connectivity index (χ1) is 13.1. The van der Waals surface area contributed by atoms with Gasteiger partial charge in [-0.1, -0.05) is 25.1 Å². The molecule has 1 saturated heterocycles. The van der Waals surface area contributed by atoms with E-state index in [0.29, 0.717) is 25.6 Å². The monoisotopic (exact) mass is 368 g/mol. The molecule has 27 heavy (non-hydrogen) atoms. The quantitative estimate of drug-likeness (QED) is 0.809. The second-order valence-electron chi connectivity index (χ2n) is 7.35. The van der Waals surface area contributed by atoms with Crippen molar-refractivity contribution < 1.29 is 14.6 Å². The van der Waals surface area contributed by atoms with E-state index in [-0.39, 0.29) is 12.5 Å². The lowest BCUT2D eigenvalue weighted by Gasteiger charge is -2.35. The van der Waals surface area contributed by atoms with Gasteiger partial charge in [-0.05, 0) is 18.1 Å². The van der Waals surface area contributed by atoms with Crippen molar-refractivity contribution in [2.75, 3.05) is 31.6 Å². The van der Waals surface area contributed by atoms with Gasteiger partial charge in [0.1, 0.15) is 17.8 Å². The van der Waals surface area contributed by atoms with Gasteiger partial charge in [0.2, 0.25) is 5.95 Å². The molecule has 1 aromatic carbocycles. The summed E-state index contributed by atoms with van der Waals surface area (Å²) in [5.74, 6) is 0.558. The second-order valence-corrected chi connectivity index (χ2v) is 7.35. The van der Waals surface area contributed by atoms with Crippen LogP contribution in [0.25, 0.3) is 0 Å². The van der Waals surface area contributed by atoms with Gasteiger partial charge in [-0.3, -0.25) is 9.69 Å². The van der Waals surface area contributed by atoms with Crippen LogP contribution in [0, 0.1) is 5.41 Å². The maximum atomic E-state index is 12.2. The van der Waals surface area contributed by atoms with E-state index in [1.165, 1.54) is 0 Å². The zero-order chi connectivity index (χ0) is 18.9. The van der Waals surface area contributed by atoms with Gasteiger partial charge in [-0.15, -0.1) is 0 Å². The highest BCUT2D eigenvalue weighted by Crippen LogP contribution is 2.49. The molecular formula is C20H24N4O3. The van der Waals surface area contributed by atoms with Crippen LogP contribution in [0.2, 0.25) is 0 Å². The third kappa shape index (κ3) is 3.23. The molecule has 2 atom stereocenters. The summed E-state index contributed by atoms with van der Waals surface area (Å²) in [6.45, 7) is 4.90. The summed E-state index contributed by atoms with van der Waals surface area (Å²) in [7, 11) is 0. The second kappa shape index (κ2) is 7.15. The van der Waals surface area contributed by atoms with Gasteiger partial charge in [0.15, 0.2) is 0 Å². The predicted molar refractivity (Wildman–Crippen MR) is 101 cm³/mol. The Morgan fingerprint density at radius 1 is 1.37 bits per heavy atom. The maximum Gasteiger partial charge on any atom is 0.315 e. The molecule has 2 aliphatic rings. The summed E-state index contributed by atoms with van der Waals surface area (Å²) in [5.41, 5.74) is 1.06. The fourth-order valence-corrected chi connectivity index (χ4v) is 4.08. The zero-order valence-corrected chi connectivity index (χ0v) is 15.4. The molecule has 4 rings (SSSR count). The number of rotatable bonds is 6. The van der Waals surface area contributed by atoms with E-state index in [1.54, 1.807) is 0 Å². The normalized spacial score (nSPS) is 24.0. The van der Waals surface area contributed by atoms with Crippen molar-refractivity contribution in [3.8, 4) is 5.75 Å². The molecule has 142 valence electrons. The number of hydrogen-bond donors (Lipinski definition) is 2. The minimum absolute atomic E-state index is 0.0774. The number of benzene rings is 1. The molecule has 2 aromatic rings. The lowest BCUT2D eigenvalue weighted by Crippen LogP contribution is -2.45. The molecule has 0 spiro atoms. The molecule has 3 heterocycles. The van der Waals surface area contributed by atoms with Crippen molar-refractivity contribution in [2.24, 2.45) is 5.41 Å². The minimum atomic E-state index is -0.905. The highest BCUT2D eigenvalue weighted by molar-refractivity contribution is 5.78. The molecule has 0 amide bonds. The first-order valence-corrected chi connectivity index (χ1v) is 9.34. The highest BCUT2D eigenvalue weighted by Gasteiger charge is 2.56. The van der Waals surface area contributed by atoms with E-state index in [0.717, 1.165) is 29.8 Å². The Kier molecular flexibility index (Phi) is 4.70. The number of aromatic nitrogens is 2.